The van der Waals surface area contributed by atoms with Crippen molar-refractivity contribution in [3.8, 4) is 0 Å². The Morgan fingerprint density at radius 2 is 2.56 bits per heavy atom. The minimum atomic E-state index is -0.901. The molecule has 0 amide bonds. The van der Waals surface area contributed by atoms with Gasteiger partial charge in [0, 0.05) is 19.1 Å². The maximum Gasteiger partial charge on any atom is 0.326 e. The van der Waals surface area contributed by atoms with Gasteiger partial charge in [-0.3, -0.25) is 0 Å². The number of halogens is 1. The lowest BCUT2D eigenvalue weighted by molar-refractivity contribution is -0.138. The van der Waals surface area contributed by atoms with E-state index in [-0.39, 0.29) is 0 Å². The summed E-state index contributed by atoms with van der Waals surface area (Å²) in [7, 11) is 1.59. The zero-order valence-electron chi connectivity index (χ0n) is 8.77. The molecule has 1 aromatic heterocycles. The maximum atomic E-state index is 10.9. The summed E-state index contributed by atoms with van der Waals surface area (Å²) in [4.78, 5) is 14.9. The first-order valence-electron chi connectivity index (χ1n) is 4.72. The van der Waals surface area contributed by atoms with Crippen LogP contribution in [0.15, 0.2) is 5.38 Å². The molecule has 0 radical (unpaired) electrons. The molecule has 0 aliphatic heterocycles. The molecule has 5 nitrogen and oxygen atoms in total. The van der Waals surface area contributed by atoms with Gasteiger partial charge >= 0.3 is 5.97 Å². The number of aromatic nitrogens is 1. The van der Waals surface area contributed by atoms with Crippen LogP contribution in [0.3, 0.4) is 0 Å². The number of methoxy groups -OCH3 is 1. The van der Waals surface area contributed by atoms with Crippen LogP contribution in [0, 0.1) is 0 Å². The van der Waals surface area contributed by atoms with Crippen LogP contribution < -0.4 is 5.32 Å². The van der Waals surface area contributed by atoms with E-state index >= 15 is 0 Å². The van der Waals surface area contributed by atoms with Crippen molar-refractivity contribution in [2.45, 2.75) is 18.9 Å². The van der Waals surface area contributed by atoms with Crippen LogP contribution in [0.5, 0.6) is 0 Å². The number of anilines is 1. The number of ether oxygens (including phenoxy) is 1. The highest BCUT2D eigenvalue weighted by atomic mass is 35.5. The standard InChI is InChI=1S/C9H13ClN2O3S/c1-15-4-2-3-6(8(13)14)11-9-12-7(10)5-16-9/h5-6H,2-4H2,1H3,(H,11,12)(H,13,14). The number of thiazole rings is 1. The zero-order valence-corrected chi connectivity index (χ0v) is 10.3. The summed E-state index contributed by atoms with van der Waals surface area (Å²) in [6.45, 7) is 0.546. The van der Waals surface area contributed by atoms with Crippen molar-refractivity contribution in [1.29, 1.82) is 0 Å². The number of carboxylic acids is 1. The van der Waals surface area contributed by atoms with Gasteiger partial charge < -0.3 is 15.2 Å². The topological polar surface area (TPSA) is 71.5 Å². The van der Waals surface area contributed by atoms with Crippen molar-refractivity contribution in [2.75, 3.05) is 19.0 Å². The fourth-order valence-corrected chi connectivity index (χ4v) is 2.05. The largest absolute Gasteiger partial charge is 0.480 e. The molecule has 90 valence electrons. The second kappa shape index (κ2) is 6.67. The van der Waals surface area contributed by atoms with E-state index in [0.717, 1.165) is 0 Å². The summed E-state index contributed by atoms with van der Waals surface area (Å²) in [6, 6.07) is -0.655. The van der Waals surface area contributed by atoms with E-state index in [2.05, 4.69) is 10.3 Å². The Morgan fingerprint density at radius 1 is 1.81 bits per heavy atom. The third kappa shape index (κ3) is 4.34. The molecule has 1 atom stereocenters. The van der Waals surface area contributed by atoms with Crippen molar-refractivity contribution in [1.82, 2.24) is 4.98 Å². The number of aliphatic carboxylic acids is 1. The number of hydrogen-bond acceptors (Lipinski definition) is 5. The van der Waals surface area contributed by atoms with Gasteiger partial charge in [0.25, 0.3) is 0 Å². The lowest BCUT2D eigenvalue weighted by Gasteiger charge is -2.12. The van der Waals surface area contributed by atoms with Gasteiger partial charge in [-0.1, -0.05) is 11.6 Å². The molecule has 0 spiro atoms. The van der Waals surface area contributed by atoms with Crippen LogP contribution in [-0.2, 0) is 9.53 Å². The fourth-order valence-electron chi connectivity index (χ4n) is 1.16. The number of rotatable bonds is 7. The van der Waals surface area contributed by atoms with Gasteiger partial charge in [0.15, 0.2) is 5.13 Å². The molecule has 0 saturated carbocycles. The first kappa shape index (κ1) is 13.2. The highest BCUT2D eigenvalue weighted by Gasteiger charge is 2.17. The molecule has 0 aliphatic rings. The minimum Gasteiger partial charge on any atom is -0.480 e. The van der Waals surface area contributed by atoms with E-state index in [9.17, 15) is 4.79 Å². The van der Waals surface area contributed by atoms with Gasteiger partial charge in [-0.2, -0.15) is 0 Å². The molecule has 7 heteroatoms. The third-order valence-electron chi connectivity index (χ3n) is 1.91. The van der Waals surface area contributed by atoms with Crippen LogP contribution in [0.2, 0.25) is 5.15 Å². The zero-order chi connectivity index (χ0) is 12.0. The average Bonchev–Trinajstić information content (AvgIpc) is 2.63. The van der Waals surface area contributed by atoms with Gasteiger partial charge in [-0.25, -0.2) is 9.78 Å². The molecule has 0 aliphatic carbocycles. The number of carboxylic acid groups (broad SMARTS) is 1. The molecular weight excluding hydrogens is 252 g/mol. The minimum absolute atomic E-state index is 0.369. The van der Waals surface area contributed by atoms with E-state index < -0.39 is 12.0 Å². The van der Waals surface area contributed by atoms with Crippen LogP contribution in [0.25, 0.3) is 0 Å². The normalized spacial score (nSPS) is 12.4. The van der Waals surface area contributed by atoms with Gasteiger partial charge in [0.05, 0.1) is 0 Å². The summed E-state index contributed by atoms with van der Waals surface area (Å²) in [5.74, 6) is -0.901. The van der Waals surface area contributed by atoms with Gasteiger partial charge in [0.2, 0.25) is 0 Å². The molecule has 0 bridgehead atoms. The van der Waals surface area contributed by atoms with Crippen molar-refractivity contribution in [3.05, 3.63) is 10.5 Å². The molecule has 1 heterocycles. The smallest absolute Gasteiger partial charge is 0.326 e. The Kier molecular flexibility index (Phi) is 5.51. The number of nitrogens with zero attached hydrogens (tertiary/aromatic N) is 1. The molecule has 1 aromatic rings. The molecule has 0 fully saturated rings. The highest BCUT2D eigenvalue weighted by molar-refractivity contribution is 7.14. The Hall–Kier alpha value is -0.850. The summed E-state index contributed by atoms with van der Waals surface area (Å²) in [5.41, 5.74) is 0. The molecule has 0 saturated heterocycles. The van der Waals surface area contributed by atoms with Gasteiger partial charge in [-0.05, 0) is 12.8 Å². The Labute approximate surface area is 102 Å². The van der Waals surface area contributed by atoms with E-state index in [4.69, 9.17) is 21.4 Å². The van der Waals surface area contributed by atoms with Gasteiger partial charge in [0.1, 0.15) is 11.2 Å². The number of nitrogens with one attached hydrogen (secondary N) is 1. The number of hydrogen-bond donors (Lipinski definition) is 2. The monoisotopic (exact) mass is 264 g/mol. The third-order valence-corrected chi connectivity index (χ3v) is 3.01. The summed E-state index contributed by atoms with van der Waals surface area (Å²) >= 11 is 6.93. The van der Waals surface area contributed by atoms with Crippen molar-refractivity contribution in [3.63, 3.8) is 0 Å². The second-order valence-electron chi connectivity index (χ2n) is 3.15. The average molecular weight is 265 g/mol. The van der Waals surface area contributed by atoms with E-state index in [0.29, 0.717) is 29.7 Å². The molecule has 16 heavy (non-hydrogen) atoms. The van der Waals surface area contributed by atoms with E-state index in [1.807, 2.05) is 0 Å². The summed E-state index contributed by atoms with van der Waals surface area (Å²) in [6.07, 6.45) is 1.17. The van der Waals surface area contributed by atoms with E-state index in [1.165, 1.54) is 11.3 Å². The van der Waals surface area contributed by atoms with Crippen LogP contribution >= 0.6 is 22.9 Å². The quantitative estimate of drug-likeness (QED) is 0.738. The van der Waals surface area contributed by atoms with Gasteiger partial charge in [-0.15, -0.1) is 11.3 Å². The summed E-state index contributed by atoms with van der Waals surface area (Å²) < 4.78 is 4.87. The fraction of sp³-hybridized carbons (Fsp3) is 0.556. The van der Waals surface area contributed by atoms with Crippen LogP contribution in [0.1, 0.15) is 12.8 Å². The lowest BCUT2D eigenvalue weighted by Crippen LogP contribution is -2.29. The lowest BCUT2D eigenvalue weighted by atomic mass is 10.1. The number of carbonyl (C=O) groups is 1. The predicted octanol–water partition coefficient (Wildman–Crippen LogP) is 2.09. The van der Waals surface area contributed by atoms with Crippen molar-refractivity contribution >= 4 is 34.0 Å². The molecule has 2 N–H and O–H groups in total. The second-order valence-corrected chi connectivity index (χ2v) is 4.39. The molecular formula is C9H13ClN2O3S. The van der Waals surface area contributed by atoms with Crippen LogP contribution in [0.4, 0.5) is 5.13 Å². The van der Waals surface area contributed by atoms with Crippen LogP contribution in [-0.4, -0.2) is 35.8 Å². The SMILES string of the molecule is COCCCC(Nc1nc(Cl)cs1)C(=O)O. The molecule has 0 aromatic carbocycles. The highest BCUT2D eigenvalue weighted by Crippen LogP contribution is 2.20. The first-order chi connectivity index (χ1) is 7.63. The predicted molar refractivity (Wildman–Crippen MR) is 63.3 cm³/mol. The Bertz CT molecular complexity index is 345. The van der Waals surface area contributed by atoms with E-state index in [1.54, 1.807) is 12.5 Å². The molecule has 1 unspecified atom stereocenters. The first-order valence-corrected chi connectivity index (χ1v) is 5.98. The van der Waals surface area contributed by atoms with Crippen molar-refractivity contribution in [2.24, 2.45) is 0 Å². The maximum absolute atomic E-state index is 10.9. The Morgan fingerprint density at radius 3 is 3.06 bits per heavy atom. The summed E-state index contributed by atoms with van der Waals surface area (Å²) in [5, 5.41) is 14.4. The molecule has 1 rings (SSSR count). The van der Waals surface area contributed by atoms with Crippen molar-refractivity contribution < 1.29 is 14.6 Å². The Balaban J connectivity index is 2.47.